The van der Waals surface area contributed by atoms with Crippen LogP contribution in [-0.2, 0) is 9.59 Å². The molecule has 1 amide bonds. The number of halogens is 1. The largest absolute Gasteiger partial charge is 0.481 e. The molecule has 0 saturated heterocycles. The van der Waals surface area contributed by atoms with E-state index < -0.39 is 11.4 Å². The van der Waals surface area contributed by atoms with Crippen molar-refractivity contribution in [3.63, 3.8) is 0 Å². The Balaban J connectivity index is 2.09. The van der Waals surface area contributed by atoms with Crippen molar-refractivity contribution in [3.05, 3.63) is 28.8 Å². The van der Waals surface area contributed by atoms with Crippen LogP contribution in [0.3, 0.4) is 0 Å². The first-order valence-corrected chi connectivity index (χ1v) is 7.60. The zero-order valence-corrected chi connectivity index (χ0v) is 12.9. The standard InChI is InChI=1S/C16H20ClNO3/c1-11-5-6-12(17)13(9-11)18-14(19)10-16(15(20)21)7-3-2-4-8-16/h5-6,9H,2-4,7-8,10H2,1H3,(H,18,19)(H,20,21). The average Bonchev–Trinajstić information content (AvgIpc) is 2.43. The molecular weight excluding hydrogens is 290 g/mol. The molecule has 0 aliphatic heterocycles. The average molecular weight is 310 g/mol. The number of anilines is 1. The fourth-order valence-electron chi connectivity index (χ4n) is 2.93. The third-order valence-corrected chi connectivity index (χ3v) is 4.49. The minimum absolute atomic E-state index is 0.00655. The van der Waals surface area contributed by atoms with Gasteiger partial charge in [0.2, 0.25) is 5.91 Å². The molecule has 0 unspecified atom stereocenters. The summed E-state index contributed by atoms with van der Waals surface area (Å²) in [5.41, 5.74) is 0.608. The molecule has 0 radical (unpaired) electrons. The molecule has 1 saturated carbocycles. The van der Waals surface area contributed by atoms with Crippen LogP contribution >= 0.6 is 11.6 Å². The summed E-state index contributed by atoms with van der Waals surface area (Å²) in [7, 11) is 0. The van der Waals surface area contributed by atoms with Crippen LogP contribution in [-0.4, -0.2) is 17.0 Å². The van der Waals surface area contributed by atoms with Crippen LogP contribution in [0.2, 0.25) is 5.02 Å². The van der Waals surface area contributed by atoms with Gasteiger partial charge in [0.25, 0.3) is 0 Å². The van der Waals surface area contributed by atoms with E-state index in [9.17, 15) is 14.7 Å². The molecule has 1 aromatic carbocycles. The lowest BCUT2D eigenvalue weighted by Gasteiger charge is -2.32. The van der Waals surface area contributed by atoms with Gasteiger partial charge in [0, 0.05) is 6.42 Å². The third-order valence-electron chi connectivity index (χ3n) is 4.16. The highest BCUT2D eigenvalue weighted by atomic mass is 35.5. The number of aliphatic carboxylic acids is 1. The Kier molecular flexibility index (Phi) is 4.88. The molecule has 1 aliphatic rings. The summed E-state index contributed by atoms with van der Waals surface area (Å²) < 4.78 is 0. The molecule has 21 heavy (non-hydrogen) atoms. The highest BCUT2D eigenvalue weighted by Gasteiger charge is 2.41. The maximum atomic E-state index is 12.2. The molecule has 114 valence electrons. The van der Waals surface area contributed by atoms with Crippen molar-refractivity contribution in [1.82, 2.24) is 0 Å². The Morgan fingerprint density at radius 3 is 2.57 bits per heavy atom. The molecule has 1 aromatic rings. The van der Waals surface area contributed by atoms with E-state index in [1.54, 1.807) is 12.1 Å². The topological polar surface area (TPSA) is 66.4 Å². The van der Waals surface area contributed by atoms with Crippen molar-refractivity contribution in [2.75, 3.05) is 5.32 Å². The van der Waals surface area contributed by atoms with Gasteiger partial charge >= 0.3 is 5.97 Å². The van der Waals surface area contributed by atoms with Gasteiger partial charge in [-0.2, -0.15) is 0 Å². The maximum absolute atomic E-state index is 12.2. The highest BCUT2D eigenvalue weighted by molar-refractivity contribution is 6.33. The molecule has 1 fully saturated rings. The summed E-state index contributed by atoms with van der Waals surface area (Å²) >= 11 is 6.05. The van der Waals surface area contributed by atoms with E-state index in [0.717, 1.165) is 24.8 Å². The second-order valence-corrected chi connectivity index (χ2v) is 6.26. The Morgan fingerprint density at radius 2 is 1.95 bits per heavy atom. The van der Waals surface area contributed by atoms with E-state index >= 15 is 0 Å². The van der Waals surface area contributed by atoms with Crippen molar-refractivity contribution in [1.29, 1.82) is 0 Å². The van der Waals surface area contributed by atoms with Crippen LogP contribution in [0, 0.1) is 12.3 Å². The fourth-order valence-corrected chi connectivity index (χ4v) is 3.10. The predicted octanol–water partition coefficient (Wildman–Crippen LogP) is 4.01. The number of hydrogen-bond acceptors (Lipinski definition) is 2. The SMILES string of the molecule is Cc1ccc(Cl)c(NC(=O)CC2(C(=O)O)CCCCC2)c1. The molecule has 0 aromatic heterocycles. The van der Waals surface area contributed by atoms with E-state index in [4.69, 9.17) is 11.6 Å². The molecular formula is C16H20ClNO3. The molecule has 0 spiro atoms. The summed E-state index contributed by atoms with van der Waals surface area (Å²) in [6.45, 7) is 1.91. The van der Waals surface area contributed by atoms with Crippen molar-refractivity contribution in [2.45, 2.75) is 45.4 Å². The minimum atomic E-state index is -0.918. The Bertz CT molecular complexity index is 550. The van der Waals surface area contributed by atoms with Crippen LogP contribution < -0.4 is 5.32 Å². The van der Waals surface area contributed by atoms with Crippen LogP contribution in [0.1, 0.15) is 44.1 Å². The monoisotopic (exact) mass is 309 g/mol. The molecule has 4 nitrogen and oxygen atoms in total. The molecule has 0 heterocycles. The van der Waals surface area contributed by atoms with Gasteiger partial charge in [-0.3, -0.25) is 9.59 Å². The first kappa shape index (κ1) is 15.8. The van der Waals surface area contributed by atoms with Crippen LogP contribution in [0.4, 0.5) is 5.69 Å². The van der Waals surface area contributed by atoms with E-state index in [-0.39, 0.29) is 12.3 Å². The second kappa shape index (κ2) is 6.48. The van der Waals surface area contributed by atoms with E-state index in [2.05, 4.69) is 5.32 Å². The first-order valence-electron chi connectivity index (χ1n) is 7.22. The molecule has 2 N–H and O–H groups in total. The number of aryl methyl sites for hydroxylation is 1. The van der Waals surface area contributed by atoms with Gasteiger partial charge in [0.15, 0.2) is 0 Å². The molecule has 1 aliphatic carbocycles. The Hall–Kier alpha value is -1.55. The third kappa shape index (κ3) is 3.76. The van der Waals surface area contributed by atoms with Gasteiger partial charge < -0.3 is 10.4 Å². The number of carbonyl (C=O) groups excluding carboxylic acids is 1. The number of carboxylic acids is 1. The number of carboxylic acid groups (broad SMARTS) is 1. The van der Waals surface area contributed by atoms with Gasteiger partial charge in [-0.05, 0) is 37.5 Å². The zero-order chi connectivity index (χ0) is 15.5. The van der Waals surface area contributed by atoms with Gasteiger partial charge in [0.1, 0.15) is 0 Å². The molecule has 5 heteroatoms. The van der Waals surface area contributed by atoms with Gasteiger partial charge in [-0.15, -0.1) is 0 Å². The lowest BCUT2D eigenvalue weighted by molar-refractivity contribution is -0.153. The Morgan fingerprint density at radius 1 is 1.29 bits per heavy atom. The first-order chi connectivity index (χ1) is 9.93. The lowest BCUT2D eigenvalue weighted by atomic mass is 9.71. The fraction of sp³-hybridized carbons (Fsp3) is 0.500. The molecule has 0 atom stereocenters. The van der Waals surface area contributed by atoms with Crippen molar-refractivity contribution in [3.8, 4) is 0 Å². The Labute approximate surface area is 129 Å². The van der Waals surface area contributed by atoms with Gasteiger partial charge in [0.05, 0.1) is 16.1 Å². The molecule has 2 rings (SSSR count). The lowest BCUT2D eigenvalue weighted by Crippen LogP contribution is -2.37. The van der Waals surface area contributed by atoms with Crippen LogP contribution in [0.25, 0.3) is 0 Å². The number of benzene rings is 1. The van der Waals surface area contributed by atoms with Gasteiger partial charge in [-0.25, -0.2) is 0 Å². The summed E-state index contributed by atoms with van der Waals surface area (Å²) in [6.07, 6.45) is 3.91. The van der Waals surface area contributed by atoms with Crippen molar-refractivity contribution in [2.24, 2.45) is 5.41 Å². The summed E-state index contributed by atoms with van der Waals surface area (Å²) in [6, 6.07) is 5.37. The van der Waals surface area contributed by atoms with E-state index in [1.807, 2.05) is 13.0 Å². The number of amides is 1. The quantitative estimate of drug-likeness (QED) is 0.883. The van der Waals surface area contributed by atoms with Crippen LogP contribution in [0.5, 0.6) is 0 Å². The van der Waals surface area contributed by atoms with E-state index in [0.29, 0.717) is 23.6 Å². The number of rotatable bonds is 4. The number of nitrogens with one attached hydrogen (secondary N) is 1. The zero-order valence-electron chi connectivity index (χ0n) is 12.1. The van der Waals surface area contributed by atoms with Crippen molar-refractivity contribution >= 4 is 29.2 Å². The summed E-state index contributed by atoms with van der Waals surface area (Å²) in [5.74, 6) is -1.15. The normalized spacial score (nSPS) is 17.2. The van der Waals surface area contributed by atoms with Gasteiger partial charge in [-0.1, -0.05) is 36.9 Å². The summed E-state index contributed by atoms with van der Waals surface area (Å²) in [5, 5.41) is 12.7. The predicted molar refractivity (Wildman–Crippen MR) is 82.6 cm³/mol. The van der Waals surface area contributed by atoms with Crippen LogP contribution in [0.15, 0.2) is 18.2 Å². The number of carbonyl (C=O) groups is 2. The summed E-state index contributed by atoms with van der Waals surface area (Å²) in [4.78, 5) is 23.8. The smallest absolute Gasteiger partial charge is 0.310 e. The second-order valence-electron chi connectivity index (χ2n) is 5.85. The highest BCUT2D eigenvalue weighted by Crippen LogP contribution is 2.40. The van der Waals surface area contributed by atoms with E-state index in [1.165, 1.54) is 0 Å². The minimum Gasteiger partial charge on any atom is -0.481 e. The van der Waals surface area contributed by atoms with Crippen molar-refractivity contribution < 1.29 is 14.7 Å². The molecule has 0 bridgehead atoms. The maximum Gasteiger partial charge on any atom is 0.310 e. The number of hydrogen-bond donors (Lipinski definition) is 2.